The third-order valence-electron chi connectivity index (χ3n) is 3.71. The number of quaternary nitrogens is 1. The first-order chi connectivity index (χ1) is 8.64. The van der Waals surface area contributed by atoms with Crippen LogP contribution >= 0.6 is 0 Å². The number of nitrogens with two attached hydrogens (primary N) is 1. The predicted octanol–water partition coefficient (Wildman–Crippen LogP) is 1.99. The van der Waals surface area contributed by atoms with E-state index in [-0.39, 0.29) is 0 Å². The lowest BCUT2D eigenvalue weighted by molar-refractivity contribution is -0.932. The number of hydrazine groups is 1. The molecule has 0 saturated heterocycles. The van der Waals surface area contributed by atoms with Crippen molar-refractivity contribution < 1.29 is 9.59 Å². The summed E-state index contributed by atoms with van der Waals surface area (Å²) in [7, 11) is 0. The summed E-state index contributed by atoms with van der Waals surface area (Å²) in [6.07, 6.45) is 6.73. The fourth-order valence-corrected chi connectivity index (χ4v) is 2.51. The van der Waals surface area contributed by atoms with Crippen LogP contribution in [0, 0.1) is 0 Å². The lowest BCUT2D eigenvalue weighted by Crippen LogP contribution is -2.57. The van der Waals surface area contributed by atoms with Crippen LogP contribution in [-0.4, -0.2) is 42.0 Å². The summed E-state index contributed by atoms with van der Waals surface area (Å²) >= 11 is 0. The van der Waals surface area contributed by atoms with Gasteiger partial charge in [-0.2, -0.15) is 0 Å². The Bertz CT molecular complexity index is 166. The van der Waals surface area contributed by atoms with Gasteiger partial charge in [0.2, 0.25) is 0 Å². The summed E-state index contributed by atoms with van der Waals surface area (Å²) in [4.78, 5) is 0. The molecule has 0 aromatic carbocycles. The van der Waals surface area contributed by atoms with E-state index in [4.69, 9.17) is 5.84 Å². The first-order valence-corrected chi connectivity index (χ1v) is 7.63. The molecule has 0 heterocycles. The summed E-state index contributed by atoms with van der Waals surface area (Å²) in [6.45, 7) is 10.9. The molecule has 4 heteroatoms. The highest BCUT2D eigenvalue weighted by Gasteiger charge is 2.28. The number of hydrogen-bond acceptors (Lipinski definition) is 3. The van der Waals surface area contributed by atoms with Crippen LogP contribution in [0.25, 0.3) is 0 Å². The van der Waals surface area contributed by atoms with Crippen molar-refractivity contribution in [1.82, 2.24) is 5.43 Å². The van der Waals surface area contributed by atoms with Gasteiger partial charge >= 0.3 is 0 Å². The Morgan fingerprint density at radius 2 is 1.33 bits per heavy atom. The van der Waals surface area contributed by atoms with Crippen molar-refractivity contribution in [2.75, 3.05) is 26.2 Å². The van der Waals surface area contributed by atoms with Gasteiger partial charge in [-0.1, -0.05) is 40.0 Å². The molecule has 0 rings (SSSR count). The zero-order valence-electron chi connectivity index (χ0n) is 12.6. The van der Waals surface area contributed by atoms with Gasteiger partial charge in [-0.05, 0) is 19.3 Å². The van der Waals surface area contributed by atoms with Crippen LogP contribution in [0.1, 0.15) is 59.3 Å². The van der Waals surface area contributed by atoms with Crippen LogP contribution in [-0.2, 0) is 0 Å². The van der Waals surface area contributed by atoms with E-state index in [0.717, 1.165) is 30.7 Å². The third-order valence-corrected chi connectivity index (χ3v) is 3.71. The summed E-state index contributed by atoms with van der Waals surface area (Å²) in [5, 5.41) is 9.84. The summed E-state index contributed by atoms with van der Waals surface area (Å²) in [6, 6.07) is 0. The van der Waals surface area contributed by atoms with Gasteiger partial charge in [0.15, 0.2) is 6.23 Å². The second kappa shape index (κ2) is 10.7. The SMILES string of the molecule is CCCC[N+](CCCC)(CCCC)CC(O)NN. The minimum absolute atomic E-state index is 0.587. The summed E-state index contributed by atoms with van der Waals surface area (Å²) < 4.78 is 1.01. The number of nitrogens with one attached hydrogen (secondary N) is 1. The van der Waals surface area contributed by atoms with Gasteiger partial charge in [-0.25, -0.2) is 5.43 Å². The van der Waals surface area contributed by atoms with E-state index in [1.807, 2.05) is 0 Å². The summed E-state index contributed by atoms with van der Waals surface area (Å²) in [5.41, 5.74) is 2.49. The lowest BCUT2D eigenvalue weighted by Gasteiger charge is -2.40. The highest BCUT2D eigenvalue weighted by molar-refractivity contribution is 4.53. The Morgan fingerprint density at radius 1 is 0.944 bits per heavy atom. The highest BCUT2D eigenvalue weighted by atomic mass is 16.3. The van der Waals surface area contributed by atoms with Crippen molar-refractivity contribution in [3.8, 4) is 0 Å². The molecule has 0 fully saturated rings. The molecule has 0 radical (unpaired) electrons. The topological polar surface area (TPSA) is 58.3 Å². The maximum absolute atomic E-state index is 9.84. The standard InChI is InChI=1S/C14H34N3O/c1-4-7-10-17(11-8-5-2,12-9-6-3)13-14(18)16-15/h14,16,18H,4-13,15H2,1-3H3/q+1. The largest absolute Gasteiger partial charge is 0.372 e. The van der Waals surface area contributed by atoms with Crippen LogP contribution in [0.4, 0.5) is 0 Å². The molecule has 0 aliphatic rings. The van der Waals surface area contributed by atoms with Crippen molar-refractivity contribution in [2.45, 2.75) is 65.5 Å². The molecule has 0 bridgehead atoms. The van der Waals surface area contributed by atoms with Crippen LogP contribution in [0.5, 0.6) is 0 Å². The zero-order valence-corrected chi connectivity index (χ0v) is 12.6. The second-order valence-electron chi connectivity index (χ2n) is 5.44. The fraction of sp³-hybridized carbons (Fsp3) is 1.00. The molecule has 1 atom stereocenters. The Morgan fingerprint density at radius 3 is 1.61 bits per heavy atom. The number of hydrogen-bond donors (Lipinski definition) is 3. The van der Waals surface area contributed by atoms with E-state index < -0.39 is 6.23 Å². The van der Waals surface area contributed by atoms with Crippen LogP contribution < -0.4 is 11.3 Å². The molecule has 110 valence electrons. The van der Waals surface area contributed by atoms with Gasteiger partial charge in [-0.15, -0.1) is 0 Å². The molecule has 4 nitrogen and oxygen atoms in total. The maximum atomic E-state index is 9.84. The van der Waals surface area contributed by atoms with Crippen molar-refractivity contribution in [2.24, 2.45) is 5.84 Å². The minimum Gasteiger partial charge on any atom is -0.372 e. The average molecular weight is 260 g/mol. The summed E-state index contributed by atoms with van der Waals surface area (Å²) in [5.74, 6) is 5.36. The van der Waals surface area contributed by atoms with Crippen LogP contribution in [0.2, 0.25) is 0 Å². The van der Waals surface area contributed by atoms with Gasteiger partial charge in [0.1, 0.15) is 6.54 Å². The predicted molar refractivity (Wildman–Crippen MR) is 77.8 cm³/mol. The number of rotatable bonds is 12. The Hall–Kier alpha value is -0.160. The first-order valence-electron chi connectivity index (χ1n) is 7.63. The molecule has 0 aromatic heterocycles. The van der Waals surface area contributed by atoms with Gasteiger partial charge in [0.05, 0.1) is 19.6 Å². The van der Waals surface area contributed by atoms with Gasteiger partial charge in [0.25, 0.3) is 0 Å². The average Bonchev–Trinajstić information content (AvgIpc) is 2.40. The smallest absolute Gasteiger partial charge is 0.166 e. The number of aliphatic hydroxyl groups is 1. The normalized spacial score (nSPS) is 13.8. The fourth-order valence-electron chi connectivity index (χ4n) is 2.51. The van der Waals surface area contributed by atoms with Crippen molar-refractivity contribution in [3.63, 3.8) is 0 Å². The monoisotopic (exact) mass is 260 g/mol. The Balaban J connectivity index is 4.61. The molecule has 1 unspecified atom stereocenters. The highest BCUT2D eigenvalue weighted by Crippen LogP contribution is 2.15. The van der Waals surface area contributed by atoms with Gasteiger partial charge < -0.3 is 9.59 Å². The number of nitrogens with zero attached hydrogens (tertiary/aromatic N) is 1. The molecule has 0 spiro atoms. The molecule has 4 N–H and O–H groups in total. The van der Waals surface area contributed by atoms with Crippen molar-refractivity contribution >= 4 is 0 Å². The molecule has 0 aromatic rings. The molecule has 18 heavy (non-hydrogen) atoms. The van der Waals surface area contributed by atoms with E-state index in [0.29, 0.717) is 0 Å². The van der Waals surface area contributed by atoms with E-state index >= 15 is 0 Å². The Kier molecular flexibility index (Phi) is 10.6. The van der Waals surface area contributed by atoms with Crippen LogP contribution in [0.3, 0.4) is 0 Å². The molecule has 0 saturated carbocycles. The molecular weight excluding hydrogens is 226 g/mol. The number of unbranched alkanes of at least 4 members (excludes halogenated alkanes) is 3. The first kappa shape index (κ1) is 17.8. The third kappa shape index (κ3) is 7.31. The van der Waals surface area contributed by atoms with Crippen LogP contribution in [0.15, 0.2) is 0 Å². The maximum Gasteiger partial charge on any atom is 0.166 e. The van der Waals surface area contributed by atoms with Crippen molar-refractivity contribution in [1.29, 1.82) is 0 Å². The molecule has 0 aliphatic carbocycles. The Labute approximate surface area is 113 Å². The van der Waals surface area contributed by atoms with Gasteiger partial charge in [-0.3, -0.25) is 5.84 Å². The quantitative estimate of drug-likeness (QED) is 0.218. The zero-order chi connectivity index (χ0) is 13.9. The lowest BCUT2D eigenvalue weighted by atomic mass is 10.1. The minimum atomic E-state index is -0.587. The number of aliphatic hydroxyl groups excluding tert-OH is 1. The van der Waals surface area contributed by atoms with E-state index in [9.17, 15) is 5.11 Å². The molecule has 0 amide bonds. The van der Waals surface area contributed by atoms with E-state index in [1.165, 1.54) is 38.5 Å². The van der Waals surface area contributed by atoms with Crippen molar-refractivity contribution in [3.05, 3.63) is 0 Å². The molecular formula is C14H34N3O+. The van der Waals surface area contributed by atoms with Gasteiger partial charge in [0, 0.05) is 0 Å². The van der Waals surface area contributed by atoms with E-state index in [2.05, 4.69) is 26.2 Å². The second-order valence-corrected chi connectivity index (χ2v) is 5.44. The van der Waals surface area contributed by atoms with E-state index in [1.54, 1.807) is 0 Å². The molecule has 0 aliphatic heterocycles.